The fourth-order valence-corrected chi connectivity index (χ4v) is 2.39. The third kappa shape index (κ3) is 5.44. The van der Waals surface area contributed by atoms with Crippen molar-refractivity contribution in [3.8, 4) is 29.1 Å². The second-order valence-corrected chi connectivity index (χ2v) is 5.59. The number of halogens is 3. The Labute approximate surface area is 164 Å². The van der Waals surface area contributed by atoms with Gasteiger partial charge in [-0.2, -0.15) is 18.4 Å². The van der Waals surface area contributed by atoms with Crippen LogP contribution in [0.5, 0.6) is 23.0 Å². The highest BCUT2D eigenvalue weighted by atomic mass is 19.4. The van der Waals surface area contributed by atoms with Crippen molar-refractivity contribution in [2.24, 2.45) is 0 Å². The average molecular weight is 410 g/mol. The van der Waals surface area contributed by atoms with Crippen LogP contribution in [-0.2, 0) is 0 Å². The molecule has 154 valence electrons. The molecule has 0 aromatic heterocycles. The monoisotopic (exact) mass is 410 g/mol. The average Bonchev–Trinajstić information content (AvgIpc) is 2.70. The molecule has 2 rings (SSSR count). The second kappa shape index (κ2) is 9.05. The molecule has 1 N–H and O–H groups in total. The van der Waals surface area contributed by atoms with Crippen LogP contribution < -0.4 is 24.3 Å². The lowest BCUT2D eigenvalue weighted by atomic mass is 10.1. The molecule has 0 radical (unpaired) electrons. The molecule has 0 aliphatic heterocycles. The van der Waals surface area contributed by atoms with Crippen LogP contribution >= 0.6 is 0 Å². The number of ether oxygens (including phenoxy) is 4. The van der Waals surface area contributed by atoms with Crippen molar-refractivity contribution in [2.45, 2.75) is 6.18 Å². The van der Waals surface area contributed by atoms with Gasteiger partial charge in [-0.25, -0.2) is 0 Å². The van der Waals surface area contributed by atoms with E-state index in [1.807, 2.05) is 0 Å². The summed E-state index contributed by atoms with van der Waals surface area (Å²) in [5.74, 6) is 0.0406. The van der Waals surface area contributed by atoms with Crippen molar-refractivity contribution in [1.82, 2.24) is 0 Å². The second-order valence-electron chi connectivity index (χ2n) is 5.59. The molecule has 2 aromatic carbocycles. The predicted molar refractivity (Wildman–Crippen MR) is 96.8 cm³/mol. The van der Waals surface area contributed by atoms with Gasteiger partial charge < -0.3 is 24.3 Å². The van der Waals surface area contributed by atoms with Gasteiger partial charge in [0.1, 0.15) is 17.6 Å². The third-order valence-electron chi connectivity index (χ3n) is 3.70. The minimum atomic E-state index is -4.54. The lowest BCUT2D eigenvalue weighted by Gasteiger charge is -2.15. The Hall–Kier alpha value is -3.61. The molecule has 0 fully saturated rings. The maximum absolute atomic E-state index is 12.7. The molecule has 10 heteroatoms. The minimum absolute atomic E-state index is 0.126. The topological polar surface area (TPSA) is 89.8 Å². The van der Waals surface area contributed by atoms with E-state index >= 15 is 0 Å². The van der Waals surface area contributed by atoms with Crippen LogP contribution in [-0.4, -0.2) is 40.0 Å². The lowest BCUT2D eigenvalue weighted by Crippen LogP contribution is -2.19. The Morgan fingerprint density at radius 2 is 1.62 bits per heavy atom. The molecule has 0 saturated carbocycles. The van der Waals surface area contributed by atoms with Crippen molar-refractivity contribution in [1.29, 1.82) is 5.26 Å². The molecule has 0 heterocycles. The number of hydrogen-bond donors (Lipinski definition) is 1. The van der Waals surface area contributed by atoms with E-state index < -0.39 is 18.7 Å². The normalized spacial score (nSPS) is 10.7. The highest BCUT2D eigenvalue weighted by molar-refractivity contribution is 6.06. The van der Waals surface area contributed by atoms with E-state index in [2.05, 4.69) is 10.1 Å². The van der Waals surface area contributed by atoms with Crippen LogP contribution in [0.1, 0.15) is 15.9 Å². The first-order chi connectivity index (χ1) is 13.7. The highest BCUT2D eigenvalue weighted by Gasteiger charge is 2.29. The summed E-state index contributed by atoms with van der Waals surface area (Å²) in [7, 11) is 4.21. The molecule has 7 nitrogen and oxygen atoms in total. The number of carbonyl (C=O) groups excluding carboxylic acids is 1. The van der Waals surface area contributed by atoms with Gasteiger partial charge in [-0.15, -0.1) is 0 Å². The van der Waals surface area contributed by atoms with Gasteiger partial charge in [0.25, 0.3) is 5.91 Å². The summed E-state index contributed by atoms with van der Waals surface area (Å²) in [6, 6.07) is 8.32. The Morgan fingerprint density at radius 1 is 1.00 bits per heavy atom. The molecular weight excluding hydrogens is 393 g/mol. The number of hydrogen-bond acceptors (Lipinski definition) is 6. The summed E-state index contributed by atoms with van der Waals surface area (Å²) >= 11 is 0. The number of benzene rings is 2. The zero-order valence-electron chi connectivity index (χ0n) is 15.7. The Kier molecular flexibility index (Phi) is 6.77. The Morgan fingerprint density at radius 3 is 2.17 bits per heavy atom. The zero-order chi connectivity index (χ0) is 21.6. The van der Waals surface area contributed by atoms with Crippen LogP contribution in [0.3, 0.4) is 0 Å². The smallest absolute Gasteiger partial charge is 0.422 e. The quantitative estimate of drug-likeness (QED) is 0.747. The first-order valence-electron chi connectivity index (χ1n) is 8.07. The van der Waals surface area contributed by atoms with E-state index in [0.29, 0.717) is 11.5 Å². The summed E-state index contributed by atoms with van der Waals surface area (Å²) in [6.45, 7) is -1.53. The number of rotatable bonds is 7. The Bertz CT molecular complexity index is 939. The number of nitriles is 1. The molecule has 0 bridgehead atoms. The highest BCUT2D eigenvalue weighted by Crippen LogP contribution is 2.35. The van der Waals surface area contributed by atoms with Gasteiger partial charge in [-0.1, -0.05) is 0 Å². The van der Waals surface area contributed by atoms with Crippen molar-refractivity contribution in [2.75, 3.05) is 33.3 Å². The van der Waals surface area contributed by atoms with Crippen LogP contribution in [0.15, 0.2) is 30.3 Å². The van der Waals surface area contributed by atoms with Gasteiger partial charge >= 0.3 is 6.18 Å². The summed E-state index contributed by atoms with van der Waals surface area (Å²) in [5, 5.41) is 11.7. The van der Waals surface area contributed by atoms with Crippen molar-refractivity contribution in [3.63, 3.8) is 0 Å². The van der Waals surface area contributed by atoms with Gasteiger partial charge in [0.2, 0.25) is 0 Å². The number of alkyl halides is 3. The minimum Gasteiger partial charge on any atom is -0.496 e. The predicted octanol–water partition coefficient (Wildman–Crippen LogP) is 3.78. The van der Waals surface area contributed by atoms with Gasteiger partial charge in [-0.05, 0) is 18.2 Å². The van der Waals surface area contributed by atoms with Crippen LogP contribution in [0.4, 0.5) is 18.9 Å². The number of nitrogens with zero attached hydrogens (tertiary/aromatic N) is 1. The third-order valence-corrected chi connectivity index (χ3v) is 3.70. The SMILES string of the molecule is COc1cc(OC)c(C(=O)Nc2ccc(OCC(F)(F)F)c(C#N)c2)cc1OC. The molecule has 0 aliphatic rings. The molecule has 2 aromatic rings. The fourth-order valence-electron chi connectivity index (χ4n) is 2.39. The number of carbonyl (C=O) groups is 1. The molecule has 0 spiro atoms. The van der Waals surface area contributed by atoms with E-state index in [4.69, 9.17) is 19.5 Å². The zero-order valence-corrected chi connectivity index (χ0v) is 15.7. The fraction of sp³-hybridized carbons (Fsp3) is 0.263. The van der Waals surface area contributed by atoms with Crippen LogP contribution in [0.25, 0.3) is 0 Å². The maximum Gasteiger partial charge on any atom is 0.422 e. The van der Waals surface area contributed by atoms with Gasteiger partial charge in [-0.3, -0.25) is 4.79 Å². The molecule has 0 unspecified atom stereocenters. The molecule has 1 amide bonds. The molecule has 0 aliphatic carbocycles. The van der Waals surface area contributed by atoms with Crippen LogP contribution in [0.2, 0.25) is 0 Å². The van der Waals surface area contributed by atoms with Crippen molar-refractivity contribution >= 4 is 11.6 Å². The molecule has 29 heavy (non-hydrogen) atoms. The molecule has 0 atom stereocenters. The van der Waals surface area contributed by atoms with E-state index in [1.54, 1.807) is 6.07 Å². The summed E-state index contributed by atoms with van der Waals surface area (Å²) in [5.41, 5.74) is 0.148. The first-order valence-corrected chi connectivity index (χ1v) is 8.07. The van der Waals surface area contributed by atoms with E-state index in [0.717, 1.165) is 0 Å². The van der Waals surface area contributed by atoms with E-state index in [-0.39, 0.29) is 28.3 Å². The standard InChI is InChI=1S/C19H17F3N2O5/c1-26-15-8-17(28-3)16(27-2)7-13(15)18(25)24-12-4-5-14(11(6-12)9-23)29-10-19(20,21)22/h4-8H,10H2,1-3H3,(H,24,25). The van der Waals surface area contributed by atoms with Gasteiger partial charge in [0.15, 0.2) is 18.1 Å². The maximum atomic E-state index is 12.7. The van der Waals surface area contributed by atoms with Crippen molar-refractivity contribution in [3.05, 3.63) is 41.5 Å². The van der Waals surface area contributed by atoms with Gasteiger partial charge in [0.05, 0.1) is 32.5 Å². The van der Waals surface area contributed by atoms with E-state index in [1.165, 1.54) is 51.7 Å². The summed E-state index contributed by atoms with van der Waals surface area (Å²) in [4.78, 5) is 12.7. The van der Waals surface area contributed by atoms with Crippen molar-refractivity contribution < 1.29 is 36.9 Å². The first kappa shape index (κ1) is 21.7. The Balaban J connectivity index is 2.28. The van der Waals surface area contributed by atoms with Crippen LogP contribution in [0, 0.1) is 11.3 Å². The largest absolute Gasteiger partial charge is 0.496 e. The number of amides is 1. The summed E-state index contributed by atoms with van der Waals surface area (Å²) in [6.07, 6.45) is -4.54. The summed E-state index contributed by atoms with van der Waals surface area (Å²) < 4.78 is 57.1. The molecular formula is C19H17F3N2O5. The molecule has 0 saturated heterocycles. The van der Waals surface area contributed by atoms with E-state index in [9.17, 15) is 18.0 Å². The van der Waals surface area contributed by atoms with Gasteiger partial charge in [0, 0.05) is 17.8 Å². The number of anilines is 1. The number of methoxy groups -OCH3 is 3. The number of nitrogens with one attached hydrogen (secondary N) is 1. The lowest BCUT2D eigenvalue weighted by molar-refractivity contribution is -0.153.